The lowest BCUT2D eigenvalue weighted by Crippen LogP contribution is -2.40. The van der Waals surface area contributed by atoms with E-state index in [1.165, 1.54) is 0 Å². The van der Waals surface area contributed by atoms with Gasteiger partial charge in [-0.3, -0.25) is 4.79 Å². The number of nitrogens with zero attached hydrogens (tertiary/aromatic N) is 3. The summed E-state index contributed by atoms with van der Waals surface area (Å²) in [6.07, 6.45) is 0. The smallest absolute Gasteiger partial charge is 0.217 e. The number of anilines is 1. The van der Waals surface area contributed by atoms with Gasteiger partial charge in [0.25, 0.3) is 0 Å². The van der Waals surface area contributed by atoms with Gasteiger partial charge in [0, 0.05) is 25.9 Å². The van der Waals surface area contributed by atoms with Crippen molar-refractivity contribution in [3.63, 3.8) is 0 Å². The Balaban J connectivity index is 2.13. The third kappa shape index (κ3) is 3.22. The number of aromatic nitrogens is 2. The van der Waals surface area contributed by atoms with E-state index >= 15 is 0 Å². The minimum atomic E-state index is 0.0347. The van der Waals surface area contributed by atoms with Crippen LogP contribution in [-0.4, -0.2) is 35.2 Å². The molecule has 0 bridgehead atoms. The highest BCUT2D eigenvalue weighted by Crippen LogP contribution is 2.27. The summed E-state index contributed by atoms with van der Waals surface area (Å²) in [4.78, 5) is 13.5. The number of carbonyl (C=O) groups is 1. The van der Waals surface area contributed by atoms with Gasteiger partial charge in [-0.15, -0.1) is 5.10 Å². The van der Waals surface area contributed by atoms with E-state index in [-0.39, 0.29) is 11.9 Å². The maximum Gasteiger partial charge on any atom is 0.217 e. The second-order valence-corrected chi connectivity index (χ2v) is 5.65. The Morgan fingerprint density at radius 3 is 2.63 bits per heavy atom. The fourth-order valence-corrected chi connectivity index (χ4v) is 2.67. The lowest BCUT2D eigenvalue weighted by atomic mass is 9.91. The monoisotopic (exact) mass is 262 g/mol. The molecule has 1 aliphatic rings. The third-order valence-corrected chi connectivity index (χ3v) is 3.72. The second-order valence-electron chi connectivity index (χ2n) is 5.65. The zero-order chi connectivity index (χ0) is 14.0. The van der Waals surface area contributed by atoms with Crippen molar-refractivity contribution in [3.05, 3.63) is 17.8 Å². The van der Waals surface area contributed by atoms with Crippen molar-refractivity contribution in [2.45, 2.75) is 33.7 Å². The molecule has 1 amide bonds. The summed E-state index contributed by atoms with van der Waals surface area (Å²) in [5.74, 6) is 1.91. The standard InChI is InChI=1S/C14H22N4O/c1-9(2)12-7-18(8-13(12)15-11(4)19)14-6-5-10(3)16-17-14/h5-6,9,12-13H,7-8H2,1-4H3,(H,15,19)/t12-,13+/m0/s1. The molecule has 1 fully saturated rings. The normalized spacial score (nSPS) is 22.9. The van der Waals surface area contributed by atoms with Crippen molar-refractivity contribution in [3.8, 4) is 0 Å². The van der Waals surface area contributed by atoms with Crippen molar-refractivity contribution in [2.75, 3.05) is 18.0 Å². The van der Waals surface area contributed by atoms with E-state index in [1.807, 2.05) is 19.1 Å². The molecule has 5 heteroatoms. The summed E-state index contributed by atoms with van der Waals surface area (Å²) < 4.78 is 0. The number of carbonyl (C=O) groups excluding carboxylic acids is 1. The topological polar surface area (TPSA) is 58.1 Å². The minimum absolute atomic E-state index is 0.0347. The van der Waals surface area contributed by atoms with E-state index in [0.29, 0.717) is 11.8 Å². The molecule has 1 N–H and O–H groups in total. The van der Waals surface area contributed by atoms with Gasteiger partial charge in [0.1, 0.15) is 0 Å². The van der Waals surface area contributed by atoms with Gasteiger partial charge in [-0.25, -0.2) is 0 Å². The van der Waals surface area contributed by atoms with Crippen LogP contribution in [0.15, 0.2) is 12.1 Å². The average molecular weight is 262 g/mol. The minimum Gasteiger partial charge on any atom is -0.353 e. The van der Waals surface area contributed by atoms with Crippen LogP contribution in [0, 0.1) is 18.8 Å². The summed E-state index contributed by atoms with van der Waals surface area (Å²) in [5.41, 5.74) is 0.918. The zero-order valence-electron chi connectivity index (χ0n) is 12.1. The first-order valence-corrected chi connectivity index (χ1v) is 6.79. The van der Waals surface area contributed by atoms with E-state index in [2.05, 4.69) is 34.3 Å². The van der Waals surface area contributed by atoms with Crippen molar-refractivity contribution < 1.29 is 4.79 Å². The highest BCUT2D eigenvalue weighted by molar-refractivity contribution is 5.73. The first-order chi connectivity index (χ1) is 8.97. The molecule has 0 spiro atoms. The summed E-state index contributed by atoms with van der Waals surface area (Å²) in [7, 11) is 0. The number of amides is 1. The highest BCUT2D eigenvalue weighted by atomic mass is 16.1. The van der Waals surface area contributed by atoms with Gasteiger partial charge < -0.3 is 10.2 Å². The number of nitrogens with one attached hydrogen (secondary N) is 1. The lowest BCUT2D eigenvalue weighted by Gasteiger charge is -2.21. The molecule has 2 rings (SSSR count). The zero-order valence-corrected chi connectivity index (χ0v) is 12.1. The summed E-state index contributed by atoms with van der Waals surface area (Å²) in [6.45, 7) is 9.62. The van der Waals surface area contributed by atoms with Crippen LogP contribution in [-0.2, 0) is 4.79 Å². The van der Waals surface area contributed by atoms with Crippen LogP contribution in [0.3, 0.4) is 0 Å². The fourth-order valence-electron chi connectivity index (χ4n) is 2.67. The molecular weight excluding hydrogens is 240 g/mol. The Hall–Kier alpha value is -1.65. The van der Waals surface area contributed by atoms with Crippen LogP contribution < -0.4 is 10.2 Å². The summed E-state index contributed by atoms with van der Waals surface area (Å²) in [5, 5.41) is 11.4. The molecule has 0 aliphatic carbocycles. The fraction of sp³-hybridized carbons (Fsp3) is 0.643. The van der Waals surface area contributed by atoms with Gasteiger partial charge in [-0.2, -0.15) is 5.10 Å². The Labute approximate surface area is 114 Å². The van der Waals surface area contributed by atoms with Gasteiger partial charge in [-0.1, -0.05) is 13.8 Å². The molecule has 0 unspecified atom stereocenters. The lowest BCUT2D eigenvalue weighted by molar-refractivity contribution is -0.119. The Morgan fingerprint density at radius 1 is 1.37 bits per heavy atom. The van der Waals surface area contributed by atoms with Crippen molar-refractivity contribution in [2.24, 2.45) is 11.8 Å². The molecule has 2 atom stereocenters. The van der Waals surface area contributed by atoms with E-state index in [4.69, 9.17) is 0 Å². The average Bonchev–Trinajstić information content (AvgIpc) is 2.73. The van der Waals surface area contributed by atoms with E-state index in [1.54, 1.807) is 6.92 Å². The number of aryl methyl sites for hydroxylation is 1. The molecule has 0 saturated carbocycles. The molecule has 19 heavy (non-hydrogen) atoms. The molecule has 2 heterocycles. The Morgan fingerprint density at radius 2 is 2.11 bits per heavy atom. The number of hydrogen-bond acceptors (Lipinski definition) is 4. The number of rotatable bonds is 3. The molecule has 1 aromatic heterocycles. The molecule has 104 valence electrons. The van der Waals surface area contributed by atoms with Crippen LogP contribution in [0.1, 0.15) is 26.5 Å². The molecule has 1 aliphatic heterocycles. The van der Waals surface area contributed by atoms with Crippen molar-refractivity contribution >= 4 is 11.7 Å². The second kappa shape index (κ2) is 5.55. The molecule has 5 nitrogen and oxygen atoms in total. The van der Waals surface area contributed by atoms with Crippen LogP contribution in [0.25, 0.3) is 0 Å². The van der Waals surface area contributed by atoms with Crippen LogP contribution in [0.5, 0.6) is 0 Å². The molecule has 1 saturated heterocycles. The maximum absolute atomic E-state index is 11.3. The first-order valence-electron chi connectivity index (χ1n) is 6.79. The first kappa shape index (κ1) is 13.8. The number of hydrogen-bond donors (Lipinski definition) is 1. The maximum atomic E-state index is 11.3. The van der Waals surface area contributed by atoms with Crippen molar-refractivity contribution in [1.82, 2.24) is 15.5 Å². The molecule has 1 aromatic rings. The van der Waals surface area contributed by atoms with E-state index in [9.17, 15) is 4.79 Å². The quantitative estimate of drug-likeness (QED) is 0.894. The van der Waals surface area contributed by atoms with Crippen molar-refractivity contribution in [1.29, 1.82) is 0 Å². The van der Waals surface area contributed by atoms with Gasteiger partial charge in [-0.05, 0) is 25.0 Å². The largest absolute Gasteiger partial charge is 0.353 e. The highest BCUT2D eigenvalue weighted by Gasteiger charge is 2.35. The van der Waals surface area contributed by atoms with Gasteiger partial charge in [0.05, 0.1) is 11.7 Å². The van der Waals surface area contributed by atoms with Gasteiger partial charge >= 0.3 is 0 Å². The van der Waals surface area contributed by atoms with Crippen LogP contribution in [0.4, 0.5) is 5.82 Å². The summed E-state index contributed by atoms with van der Waals surface area (Å²) >= 11 is 0. The molecule has 0 aromatic carbocycles. The Bertz CT molecular complexity index is 443. The van der Waals surface area contributed by atoms with Crippen LogP contribution >= 0.6 is 0 Å². The third-order valence-electron chi connectivity index (χ3n) is 3.72. The van der Waals surface area contributed by atoms with Gasteiger partial charge in [0.15, 0.2) is 5.82 Å². The van der Waals surface area contributed by atoms with Gasteiger partial charge in [0.2, 0.25) is 5.91 Å². The molecular formula is C14H22N4O. The van der Waals surface area contributed by atoms with E-state index < -0.39 is 0 Å². The predicted octanol–water partition coefficient (Wildman–Crippen LogP) is 1.38. The van der Waals surface area contributed by atoms with Crippen LogP contribution in [0.2, 0.25) is 0 Å². The Kier molecular flexibility index (Phi) is 4.02. The SMILES string of the molecule is CC(=O)N[C@@H]1CN(c2ccc(C)nn2)C[C@H]1C(C)C. The predicted molar refractivity (Wildman–Crippen MR) is 74.9 cm³/mol. The molecule has 0 radical (unpaired) electrons. The summed E-state index contributed by atoms with van der Waals surface area (Å²) in [6, 6.07) is 4.16. The van der Waals surface area contributed by atoms with E-state index in [0.717, 1.165) is 24.6 Å².